The van der Waals surface area contributed by atoms with E-state index in [1.165, 1.54) is 0 Å². The van der Waals surface area contributed by atoms with Crippen LogP contribution in [0.15, 0.2) is 20.2 Å². The van der Waals surface area contributed by atoms with Crippen LogP contribution in [0, 0.1) is 10.8 Å². The fourth-order valence-corrected chi connectivity index (χ4v) is 2.12. The summed E-state index contributed by atoms with van der Waals surface area (Å²) < 4.78 is 0. The van der Waals surface area contributed by atoms with Crippen LogP contribution in [0.1, 0.15) is 39.0 Å². The first kappa shape index (κ1) is 24.6. The van der Waals surface area contributed by atoms with Gasteiger partial charge in [-0.05, 0) is 63.6 Å². The van der Waals surface area contributed by atoms with Crippen molar-refractivity contribution in [2.24, 2.45) is 26.1 Å². The molecule has 0 aliphatic heterocycles. The highest BCUT2D eigenvalue weighted by Gasteiger charge is 2.07. The van der Waals surface area contributed by atoms with Gasteiger partial charge in [0.25, 0.3) is 0 Å². The highest BCUT2D eigenvalue weighted by molar-refractivity contribution is 5.79. The van der Waals surface area contributed by atoms with E-state index in [-0.39, 0.29) is 30.9 Å². The molecule has 0 fully saturated rings. The molecule has 1 unspecified atom stereocenters. The second kappa shape index (κ2) is 17.0. The Hall–Kier alpha value is -2.45. The number of carbonyl (C=O) groups excluding carboxylic acids is 2. The molecule has 2 N–H and O–H groups in total. The molecule has 0 saturated heterocycles. The zero-order chi connectivity index (χ0) is 20.3. The lowest BCUT2D eigenvalue weighted by Crippen LogP contribution is -2.20. The maximum absolute atomic E-state index is 11.1. The highest BCUT2D eigenvalue weighted by atomic mass is 16.3. The molecule has 0 bridgehead atoms. The van der Waals surface area contributed by atoms with Crippen LogP contribution in [0.5, 0.6) is 0 Å². The molecule has 0 rings (SSSR count). The minimum absolute atomic E-state index is 0.111. The van der Waals surface area contributed by atoms with Gasteiger partial charge in [0.2, 0.25) is 11.8 Å². The summed E-state index contributed by atoms with van der Waals surface area (Å²) in [6.45, 7) is 2.42. The summed E-state index contributed by atoms with van der Waals surface area (Å²) in [6.07, 6.45) is 9.55. The van der Waals surface area contributed by atoms with E-state index in [1.54, 1.807) is 33.4 Å². The summed E-state index contributed by atoms with van der Waals surface area (Å²) in [7, 11) is 3.17. The van der Waals surface area contributed by atoms with Crippen molar-refractivity contribution in [2.45, 2.75) is 45.1 Å². The lowest BCUT2D eigenvalue weighted by Gasteiger charge is -2.12. The van der Waals surface area contributed by atoms with E-state index in [4.69, 9.17) is 0 Å². The summed E-state index contributed by atoms with van der Waals surface area (Å²) in [4.78, 5) is 45.0. The number of likely N-dealkylation sites (N-methyl/N-ethyl adjacent to an activating group) is 2. The van der Waals surface area contributed by atoms with E-state index in [0.29, 0.717) is 12.5 Å². The molecule has 0 saturated carbocycles. The Morgan fingerprint density at radius 2 is 1.41 bits per heavy atom. The number of rotatable bonds is 15. The minimum atomic E-state index is -0.312. The molecule has 2 amide bonds. The maximum Gasteiger partial charge on any atom is 0.241 e. The van der Waals surface area contributed by atoms with Gasteiger partial charge in [-0.3, -0.25) is 24.6 Å². The van der Waals surface area contributed by atoms with Crippen molar-refractivity contribution < 1.29 is 9.59 Å². The van der Waals surface area contributed by atoms with Gasteiger partial charge in [-0.1, -0.05) is 5.18 Å². The van der Waals surface area contributed by atoms with Gasteiger partial charge < -0.3 is 10.6 Å². The van der Waals surface area contributed by atoms with Crippen LogP contribution in [0.3, 0.4) is 0 Å². The van der Waals surface area contributed by atoms with Gasteiger partial charge in [-0.25, -0.2) is 0 Å². The largest absolute Gasteiger partial charge is 0.358 e. The van der Waals surface area contributed by atoms with E-state index in [0.717, 1.165) is 32.1 Å². The van der Waals surface area contributed by atoms with Crippen LogP contribution in [-0.2, 0) is 9.59 Å². The molecule has 1 atom stereocenters. The second-order valence-electron chi connectivity index (χ2n) is 6.15. The predicted octanol–water partition coefficient (Wildman–Crippen LogP) is 1.41. The van der Waals surface area contributed by atoms with Crippen LogP contribution in [0.4, 0.5) is 0 Å². The molecule has 0 heterocycles. The number of nitrogens with one attached hydrogen (secondary N) is 2. The van der Waals surface area contributed by atoms with Gasteiger partial charge in [0.1, 0.15) is 19.1 Å². The number of amides is 2. The van der Waals surface area contributed by atoms with Gasteiger partial charge >= 0.3 is 0 Å². The van der Waals surface area contributed by atoms with Crippen LogP contribution >= 0.6 is 0 Å². The molecule has 9 heteroatoms. The number of hydrogen-bond donors (Lipinski definition) is 2. The predicted molar refractivity (Wildman–Crippen MR) is 110 cm³/mol. The third kappa shape index (κ3) is 15.5. The standard InChI is InChI=1S/C18H32N6O3/c1-15(24-27)12-23-11-8-16(6-4-9-21-13-17(25)19-2)7-5-10-22-14-18(26)20-3/h9-11,15-16H,4-8,12-14H2,1-3H3,(H,19,25)(H,20,26). The Morgan fingerprint density at radius 1 is 0.889 bits per heavy atom. The van der Waals surface area contributed by atoms with Crippen LogP contribution in [0.25, 0.3) is 0 Å². The molecular formula is C18H32N6O3. The second-order valence-corrected chi connectivity index (χ2v) is 6.15. The van der Waals surface area contributed by atoms with Crippen molar-refractivity contribution in [3.63, 3.8) is 0 Å². The lowest BCUT2D eigenvalue weighted by atomic mass is 9.95. The molecule has 27 heavy (non-hydrogen) atoms. The quantitative estimate of drug-likeness (QED) is 0.329. The molecule has 152 valence electrons. The average molecular weight is 380 g/mol. The first-order valence-electron chi connectivity index (χ1n) is 9.21. The van der Waals surface area contributed by atoms with E-state index in [2.05, 4.69) is 30.8 Å². The molecule has 0 aromatic carbocycles. The zero-order valence-electron chi connectivity index (χ0n) is 16.6. The summed E-state index contributed by atoms with van der Waals surface area (Å²) in [5.41, 5.74) is 0. The maximum atomic E-state index is 11.1. The van der Waals surface area contributed by atoms with Crippen molar-refractivity contribution in [3.8, 4) is 0 Å². The molecular weight excluding hydrogens is 348 g/mol. The molecule has 0 radical (unpaired) electrons. The molecule has 0 aliphatic rings. The Bertz CT molecular complexity index is 487. The van der Waals surface area contributed by atoms with Crippen molar-refractivity contribution >= 4 is 30.5 Å². The zero-order valence-corrected chi connectivity index (χ0v) is 16.6. The van der Waals surface area contributed by atoms with Crippen molar-refractivity contribution in [1.82, 2.24) is 10.6 Å². The summed E-state index contributed by atoms with van der Waals surface area (Å²) in [5.74, 6) is 0.159. The topological polar surface area (TPSA) is 125 Å². The molecule has 0 aromatic heterocycles. The van der Waals surface area contributed by atoms with Gasteiger partial charge in [0.15, 0.2) is 0 Å². The van der Waals surface area contributed by atoms with E-state index in [9.17, 15) is 14.5 Å². The lowest BCUT2D eigenvalue weighted by molar-refractivity contribution is -0.120. The summed E-state index contributed by atoms with van der Waals surface area (Å²) >= 11 is 0. The fourth-order valence-electron chi connectivity index (χ4n) is 2.12. The number of hydrogen-bond acceptors (Lipinski definition) is 7. The van der Waals surface area contributed by atoms with E-state index < -0.39 is 0 Å². The highest BCUT2D eigenvalue weighted by Crippen LogP contribution is 2.15. The fraction of sp³-hybridized carbons (Fsp3) is 0.722. The first-order chi connectivity index (χ1) is 13.0. The number of nitrogens with zero attached hydrogens (tertiary/aromatic N) is 4. The Morgan fingerprint density at radius 3 is 1.85 bits per heavy atom. The summed E-state index contributed by atoms with van der Waals surface area (Å²) in [5, 5.41) is 7.97. The SMILES string of the molecule is CNC(=O)CN=CCCC(CC=NCC(C)N=O)CCC=NCC(=O)NC. The normalized spacial score (nSPS) is 13.9. The Kier molecular flexibility index (Phi) is 15.4. The Balaban J connectivity index is 4.36. The van der Waals surface area contributed by atoms with Crippen molar-refractivity contribution in [3.05, 3.63) is 4.91 Å². The van der Waals surface area contributed by atoms with Gasteiger partial charge in [0, 0.05) is 14.1 Å². The number of carbonyl (C=O) groups is 2. The monoisotopic (exact) mass is 380 g/mol. The molecule has 0 aliphatic carbocycles. The third-order valence-electron chi connectivity index (χ3n) is 3.81. The van der Waals surface area contributed by atoms with Crippen molar-refractivity contribution in [1.29, 1.82) is 0 Å². The first-order valence-corrected chi connectivity index (χ1v) is 9.21. The summed E-state index contributed by atoms with van der Waals surface area (Å²) in [6, 6.07) is -0.312. The van der Waals surface area contributed by atoms with E-state index >= 15 is 0 Å². The van der Waals surface area contributed by atoms with Gasteiger partial charge in [-0.15, -0.1) is 0 Å². The average Bonchev–Trinajstić information content (AvgIpc) is 2.68. The molecule has 9 nitrogen and oxygen atoms in total. The number of aliphatic imine (C=N–C) groups is 3. The van der Waals surface area contributed by atoms with Gasteiger partial charge in [-0.2, -0.15) is 4.91 Å². The molecule has 0 spiro atoms. The van der Waals surface area contributed by atoms with Gasteiger partial charge in [0.05, 0.1) is 6.54 Å². The van der Waals surface area contributed by atoms with Crippen LogP contribution in [-0.4, -0.2) is 70.2 Å². The number of nitroso groups, excluding NO2 is 1. The minimum Gasteiger partial charge on any atom is -0.358 e. The Labute approximate surface area is 161 Å². The third-order valence-corrected chi connectivity index (χ3v) is 3.81. The van der Waals surface area contributed by atoms with Crippen LogP contribution in [0.2, 0.25) is 0 Å². The van der Waals surface area contributed by atoms with Crippen LogP contribution < -0.4 is 10.6 Å². The van der Waals surface area contributed by atoms with Crippen molar-refractivity contribution in [2.75, 3.05) is 33.7 Å². The van der Waals surface area contributed by atoms with E-state index in [1.807, 2.05) is 6.21 Å². The molecule has 0 aromatic rings. The smallest absolute Gasteiger partial charge is 0.241 e.